The third-order valence-electron chi connectivity index (χ3n) is 3.75. The van der Waals surface area contributed by atoms with Gasteiger partial charge in [-0.1, -0.05) is 0 Å². The molecule has 1 aliphatic heterocycles. The van der Waals surface area contributed by atoms with E-state index in [-0.39, 0.29) is 24.1 Å². The molecule has 8 heteroatoms. The number of rotatable bonds is 6. The van der Waals surface area contributed by atoms with Crippen molar-refractivity contribution in [2.75, 3.05) is 18.8 Å². The van der Waals surface area contributed by atoms with Crippen LogP contribution in [0.4, 0.5) is 0 Å². The van der Waals surface area contributed by atoms with Crippen LogP contribution in [0, 0.1) is 5.41 Å². The molecule has 0 atom stereocenters. The van der Waals surface area contributed by atoms with E-state index in [2.05, 4.69) is 4.72 Å². The number of nitrogens with zero attached hydrogens (tertiary/aromatic N) is 1. The van der Waals surface area contributed by atoms with Gasteiger partial charge in [0.2, 0.25) is 15.9 Å². The van der Waals surface area contributed by atoms with Crippen LogP contribution < -0.4 is 4.72 Å². The summed E-state index contributed by atoms with van der Waals surface area (Å²) in [4.78, 5) is 24.7. The Balaban J connectivity index is 2.50. The fraction of sp³-hybridized carbons (Fsp3) is 0.846. The van der Waals surface area contributed by atoms with Crippen LogP contribution in [0.25, 0.3) is 0 Å². The molecule has 1 amide bonds. The van der Waals surface area contributed by atoms with Crippen LogP contribution in [0.1, 0.15) is 40.0 Å². The molecule has 1 saturated heterocycles. The predicted octanol–water partition coefficient (Wildman–Crippen LogP) is 0.418. The van der Waals surface area contributed by atoms with Gasteiger partial charge >= 0.3 is 5.97 Å². The van der Waals surface area contributed by atoms with Gasteiger partial charge in [0.15, 0.2) is 0 Å². The number of amides is 1. The van der Waals surface area contributed by atoms with Crippen molar-refractivity contribution in [3.8, 4) is 0 Å². The van der Waals surface area contributed by atoms with Gasteiger partial charge in [-0.25, -0.2) is 13.1 Å². The fourth-order valence-corrected chi connectivity index (χ4v) is 3.06. The first-order valence-electron chi connectivity index (χ1n) is 7.08. The zero-order chi connectivity index (χ0) is 16.3. The van der Waals surface area contributed by atoms with Crippen molar-refractivity contribution in [2.45, 2.75) is 46.1 Å². The number of carbonyl (C=O) groups is 2. The third kappa shape index (κ3) is 5.28. The second-order valence-corrected chi connectivity index (χ2v) is 8.08. The Labute approximate surface area is 125 Å². The first-order valence-corrected chi connectivity index (χ1v) is 8.74. The Morgan fingerprint density at radius 3 is 2.24 bits per heavy atom. The van der Waals surface area contributed by atoms with Crippen molar-refractivity contribution in [2.24, 2.45) is 5.41 Å². The zero-order valence-corrected chi connectivity index (χ0v) is 13.6. The van der Waals surface area contributed by atoms with Crippen molar-refractivity contribution in [3.05, 3.63) is 0 Å². The molecule has 0 unspecified atom stereocenters. The third-order valence-corrected chi connectivity index (χ3v) is 5.20. The van der Waals surface area contributed by atoms with Crippen molar-refractivity contribution >= 4 is 21.9 Å². The molecule has 2 N–H and O–H groups in total. The van der Waals surface area contributed by atoms with Gasteiger partial charge in [0.1, 0.15) is 0 Å². The van der Waals surface area contributed by atoms with Crippen molar-refractivity contribution in [1.29, 1.82) is 0 Å². The smallest absolute Gasteiger partial charge is 0.309 e. The molecule has 0 aromatic rings. The molecule has 1 fully saturated rings. The van der Waals surface area contributed by atoms with Crippen LogP contribution in [0.3, 0.4) is 0 Å². The van der Waals surface area contributed by atoms with E-state index < -0.39 is 21.4 Å². The first kappa shape index (κ1) is 17.9. The largest absolute Gasteiger partial charge is 0.481 e. The van der Waals surface area contributed by atoms with Crippen LogP contribution in [0.5, 0.6) is 0 Å². The van der Waals surface area contributed by atoms with E-state index in [1.807, 2.05) is 0 Å². The fourth-order valence-electron chi connectivity index (χ4n) is 2.15. The molecule has 1 rings (SSSR count). The number of hydrogen-bond acceptors (Lipinski definition) is 4. The number of aliphatic carboxylic acids is 1. The molecule has 0 aromatic carbocycles. The van der Waals surface area contributed by atoms with Gasteiger partial charge in [-0.15, -0.1) is 0 Å². The maximum absolute atomic E-state index is 12.1. The lowest BCUT2D eigenvalue weighted by Gasteiger charge is -2.33. The maximum atomic E-state index is 12.1. The lowest BCUT2D eigenvalue weighted by molar-refractivity contribution is -0.151. The molecule has 122 valence electrons. The van der Waals surface area contributed by atoms with Crippen LogP contribution >= 0.6 is 0 Å². The number of carboxylic acids is 1. The Kier molecular flexibility index (Phi) is 5.75. The second-order valence-electron chi connectivity index (χ2n) is 6.04. The van der Waals surface area contributed by atoms with E-state index in [1.54, 1.807) is 11.8 Å². The van der Waals surface area contributed by atoms with Crippen LogP contribution in [-0.4, -0.2) is 55.2 Å². The summed E-state index contributed by atoms with van der Waals surface area (Å²) >= 11 is 0. The summed E-state index contributed by atoms with van der Waals surface area (Å²) in [6, 6.07) is -0.147. The van der Waals surface area contributed by atoms with Crippen molar-refractivity contribution < 1.29 is 23.1 Å². The highest BCUT2D eigenvalue weighted by molar-refractivity contribution is 7.89. The molecule has 0 spiro atoms. The number of carboxylic acid groups (broad SMARTS) is 1. The molecule has 0 bridgehead atoms. The Morgan fingerprint density at radius 1 is 1.29 bits per heavy atom. The quantitative estimate of drug-likeness (QED) is 0.738. The van der Waals surface area contributed by atoms with Crippen molar-refractivity contribution in [3.63, 3.8) is 0 Å². The summed E-state index contributed by atoms with van der Waals surface area (Å²) in [5.74, 6) is -1.15. The Morgan fingerprint density at radius 2 is 1.81 bits per heavy atom. The number of nitrogens with one attached hydrogen (secondary N) is 1. The van der Waals surface area contributed by atoms with E-state index in [1.165, 1.54) is 13.8 Å². The minimum Gasteiger partial charge on any atom is -0.481 e. The van der Waals surface area contributed by atoms with Gasteiger partial charge in [0, 0.05) is 25.6 Å². The Hall–Kier alpha value is -1.15. The zero-order valence-electron chi connectivity index (χ0n) is 12.8. The molecule has 0 aromatic heterocycles. The normalized spacial score (nSPS) is 17.8. The van der Waals surface area contributed by atoms with E-state index in [9.17, 15) is 18.0 Å². The van der Waals surface area contributed by atoms with Crippen LogP contribution in [-0.2, 0) is 19.6 Å². The maximum Gasteiger partial charge on any atom is 0.309 e. The predicted molar refractivity (Wildman–Crippen MR) is 78.2 cm³/mol. The highest BCUT2D eigenvalue weighted by atomic mass is 32.2. The molecule has 21 heavy (non-hydrogen) atoms. The lowest BCUT2D eigenvalue weighted by atomic mass is 9.88. The van der Waals surface area contributed by atoms with E-state index in [4.69, 9.17) is 5.11 Å². The second kappa shape index (κ2) is 6.74. The van der Waals surface area contributed by atoms with Crippen LogP contribution in [0.2, 0.25) is 0 Å². The monoisotopic (exact) mass is 320 g/mol. The highest BCUT2D eigenvalue weighted by Crippen LogP contribution is 2.23. The van der Waals surface area contributed by atoms with E-state index in [0.717, 1.165) is 0 Å². The Bertz CT molecular complexity index is 493. The molecule has 1 aliphatic rings. The van der Waals surface area contributed by atoms with E-state index >= 15 is 0 Å². The number of likely N-dealkylation sites (tertiary alicyclic amines) is 1. The van der Waals surface area contributed by atoms with Gasteiger partial charge in [-0.3, -0.25) is 9.59 Å². The average Bonchev–Trinajstić information content (AvgIpc) is 2.38. The van der Waals surface area contributed by atoms with Gasteiger partial charge in [0.05, 0.1) is 11.2 Å². The molecule has 1 heterocycles. The molecular weight excluding hydrogens is 296 g/mol. The summed E-state index contributed by atoms with van der Waals surface area (Å²) in [5, 5.41) is 9.04. The first-order chi connectivity index (χ1) is 9.57. The minimum absolute atomic E-state index is 0.0406. The van der Waals surface area contributed by atoms with Gasteiger partial charge in [0.25, 0.3) is 0 Å². The molecule has 0 radical (unpaired) electrons. The number of carbonyl (C=O) groups excluding carboxylic acids is 1. The molecule has 7 nitrogen and oxygen atoms in total. The standard InChI is InChI=1S/C13H24N2O5S/c1-4-21(19,20)14-10-5-7-15(8-6-10)11(16)9-13(2,3)12(17)18/h10,14H,4-9H2,1-3H3,(H,17,18). The molecule has 0 saturated carbocycles. The summed E-state index contributed by atoms with van der Waals surface area (Å²) in [6.07, 6.45) is 1.06. The summed E-state index contributed by atoms with van der Waals surface area (Å²) in [6.45, 7) is 5.52. The minimum atomic E-state index is -3.23. The highest BCUT2D eigenvalue weighted by Gasteiger charge is 2.33. The molecule has 0 aliphatic carbocycles. The summed E-state index contributed by atoms with van der Waals surface area (Å²) in [5.41, 5.74) is -1.09. The SMILES string of the molecule is CCS(=O)(=O)NC1CCN(C(=O)CC(C)(C)C(=O)O)CC1. The van der Waals surface area contributed by atoms with Crippen LogP contribution in [0.15, 0.2) is 0 Å². The van der Waals surface area contributed by atoms with E-state index in [0.29, 0.717) is 25.9 Å². The summed E-state index contributed by atoms with van der Waals surface area (Å²) < 4.78 is 25.6. The van der Waals surface area contributed by atoms with Gasteiger partial charge < -0.3 is 10.0 Å². The van der Waals surface area contributed by atoms with Gasteiger partial charge in [-0.05, 0) is 33.6 Å². The number of piperidine rings is 1. The average molecular weight is 320 g/mol. The van der Waals surface area contributed by atoms with Crippen molar-refractivity contribution in [1.82, 2.24) is 9.62 Å². The number of sulfonamides is 1. The topological polar surface area (TPSA) is 104 Å². The number of hydrogen-bond donors (Lipinski definition) is 2. The summed E-state index contributed by atoms with van der Waals surface area (Å²) in [7, 11) is -3.23. The lowest BCUT2D eigenvalue weighted by Crippen LogP contribution is -2.47. The molecular formula is C13H24N2O5S. The van der Waals surface area contributed by atoms with Gasteiger partial charge in [-0.2, -0.15) is 0 Å².